The number of aliphatic hydroxyl groups excluding tert-OH is 2. The van der Waals surface area contributed by atoms with Crippen molar-refractivity contribution in [2.24, 2.45) is 28.1 Å². The second-order valence-electron chi connectivity index (χ2n) is 21.9. The van der Waals surface area contributed by atoms with Crippen LogP contribution in [0.4, 0.5) is 0 Å². The number of ether oxygens (including phenoxy) is 10. The standard InChI is InChI=1S/C49H84O12/c1-28(2)41(57-38-23-36(52-14)42(33(7)56-38)60-48(13)26-37(53-15)40(51)32(6)58-48)29(3)16-17-34-22-35(25-49(59-34)19-18-30(4)43(61-49)45(8,9)10)55-27-46(11)24-31(5)39(50)44-47(46,12)20-21-54-44/h16,24,28,30,32-44,50-51H,17-23,25-27H2,1-15H3/b29-16+/t30?,32-,33-,34?,35?,36-,37-,38?,39?,40+,41?,42+,43+,44?,46?,47-,48?,49+/m0/s1. The van der Waals surface area contributed by atoms with Crippen molar-refractivity contribution in [2.45, 2.75) is 232 Å². The molecule has 5 saturated heterocycles. The maximum absolute atomic E-state index is 11.1. The van der Waals surface area contributed by atoms with E-state index in [9.17, 15) is 10.2 Å². The van der Waals surface area contributed by atoms with E-state index in [0.29, 0.717) is 44.8 Å². The van der Waals surface area contributed by atoms with Crippen LogP contribution in [0.25, 0.3) is 0 Å². The number of hydrogen-bond acceptors (Lipinski definition) is 12. The maximum atomic E-state index is 11.1. The highest BCUT2D eigenvalue weighted by Crippen LogP contribution is 2.56. The molecule has 1 aliphatic carbocycles. The Morgan fingerprint density at radius 1 is 0.951 bits per heavy atom. The van der Waals surface area contributed by atoms with Crippen molar-refractivity contribution in [3.05, 3.63) is 23.3 Å². The minimum Gasteiger partial charge on any atom is -0.388 e. The molecule has 5 fully saturated rings. The van der Waals surface area contributed by atoms with E-state index in [4.69, 9.17) is 47.4 Å². The first-order chi connectivity index (χ1) is 28.5. The van der Waals surface area contributed by atoms with Gasteiger partial charge < -0.3 is 57.6 Å². The molecule has 5 aliphatic heterocycles. The number of methoxy groups -OCH3 is 2. The van der Waals surface area contributed by atoms with E-state index in [-0.39, 0.29) is 64.9 Å². The Labute approximate surface area is 368 Å². The fraction of sp³-hybridized carbons (Fsp3) is 0.918. The minimum atomic E-state index is -0.982. The average molecular weight is 865 g/mol. The minimum absolute atomic E-state index is 0.0356. The van der Waals surface area contributed by atoms with Crippen molar-refractivity contribution in [2.75, 3.05) is 27.4 Å². The van der Waals surface area contributed by atoms with Gasteiger partial charge in [0.15, 0.2) is 17.9 Å². The number of fused-ring (bicyclic) bond motifs is 1. The first-order valence-electron chi connectivity index (χ1n) is 23.5. The molecule has 0 amide bonds. The van der Waals surface area contributed by atoms with Gasteiger partial charge in [-0.05, 0) is 82.3 Å². The zero-order chi connectivity index (χ0) is 44.9. The van der Waals surface area contributed by atoms with Gasteiger partial charge in [-0.25, -0.2) is 0 Å². The largest absolute Gasteiger partial charge is 0.388 e. The summed E-state index contributed by atoms with van der Waals surface area (Å²) in [6.45, 7) is 29.0. The van der Waals surface area contributed by atoms with Crippen molar-refractivity contribution in [1.82, 2.24) is 0 Å². The normalized spacial score (nSPS) is 46.8. The van der Waals surface area contributed by atoms with E-state index in [1.165, 1.54) is 0 Å². The van der Waals surface area contributed by atoms with Gasteiger partial charge in [-0.15, -0.1) is 0 Å². The van der Waals surface area contributed by atoms with Crippen LogP contribution in [0.1, 0.15) is 141 Å². The van der Waals surface area contributed by atoms with Crippen molar-refractivity contribution in [3.8, 4) is 0 Å². The van der Waals surface area contributed by atoms with Crippen LogP contribution in [-0.4, -0.2) is 129 Å². The lowest BCUT2D eigenvalue weighted by molar-refractivity contribution is -0.358. The van der Waals surface area contributed by atoms with Crippen LogP contribution in [0.3, 0.4) is 0 Å². The highest BCUT2D eigenvalue weighted by atomic mass is 16.7. The zero-order valence-electron chi connectivity index (χ0n) is 40.4. The quantitative estimate of drug-likeness (QED) is 0.174. The summed E-state index contributed by atoms with van der Waals surface area (Å²) in [7, 11) is 3.30. The summed E-state index contributed by atoms with van der Waals surface area (Å²) >= 11 is 0. The van der Waals surface area contributed by atoms with Crippen LogP contribution in [0.15, 0.2) is 23.3 Å². The van der Waals surface area contributed by atoms with Crippen LogP contribution in [0, 0.1) is 28.1 Å². The Balaban J connectivity index is 1.15. The molecule has 12 nitrogen and oxygen atoms in total. The lowest BCUT2D eigenvalue weighted by Crippen LogP contribution is -2.59. The fourth-order valence-electron chi connectivity index (χ4n) is 11.7. The third-order valence-electron chi connectivity index (χ3n) is 15.4. The zero-order valence-corrected chi connectivity index (χ0v) is 40.4. The molecule has 2 N–H and O–H groups in total. The molecule has 0 bridgehead atoms. The summed E-state index contributed by atoms with van der Waals surface area (Å²) in [5, 5.41) is 21.6. The van der Waals surface area contributed by atoms with Crippen LogP contribution >= 0.6 is 0 Å². The van der Waals surface area contributed by atoms with Gasteiger partial charge in [-0.2, -0.15) is 0 Å². The molecule has 12 heteroatoms. The molecule has 0 saturated carbocycles. The molecule has 0 aromatic carbocycles. The predicted molar refractivity (Wildman–Crippen MR) is 233 cm³/mol. The summed E-state index contributed by atoms with van der Waals surface area (Å²) in [5.41, 5.74) is 1.52. The molecule has 6 rings (SSSR count). The van der Waals surface area contributed by atoms with Gasteiger partial charge in [0.25, 0.3) is 0 Å². The number of hydrogen-bond donors (Lipinski definition) is 2. The summed E-state index contributed by atoms with van der Waals surface area (Å²) in [6, 6.07) is 0. The molecule has 5 heterocycles. The molecular weight excluding hydrogens is 781 g/mol. The summed E-state index contributed by atoms with van der Waals surface area (Å²) in [6.07, 6.45) is 5.97. The topological polar surface area (TPSA) is 133 Å². The van der Waals surface area contributed by atoms with Gasteiger partial charge in [0.05, 0.1) is 61.5 Å². The lowest BCUT2D eigenvalue weighted by Gasteiger charge is -2.53. The molecule has 18 atom stereocenters. The van der Waals surface area contributed by atoms with Gasteiger partial charge in [0, 0.05) is 63.8 Å². The van der Waals surface area contributed by atoms with Gasteiger partial charge in [-0.1, -0.05) is 67.5 Å². The predicted octanol–water partition coefficient (Wildman–Crippen LogP) is 8.04. The summed E-state index contributed by atoms with van der Waals surface area (Å²) in [4.78, 5) is 0. The SMILES string of the molecule is CO[C@H]1CC(C)(O[C@@H]2[C@H](C)OC(OC(/C(C)=C/CC3CC(OCC4(C)C=C(C)C(O)C5OCC[C@@]54C)C[C@]4(CCC(C)[C@H](C(C)(C)C)O4)O3)C(C)C)C[C@@H]2OC)O[C@@H](C)[C@H]1O. The summed E-state index contributed by atoms with van der Waals surface area (Å²) < 4.78 is 65.2. The Morgan fingerprint density at radius 2 is 1.66 bits per heavy atom. The smallest absolute Gasteiger partial charge is 0.171 e. The van der Waals surface area contributed by atoms with E-state index < -0.39 is 48.4 Å². The van der Waals surface area contributed by atoms with E-state index in [1.54, 1.807) is 14.2 Å². The molecule has 61 heavy (non-hydrogen) atoms. The average Bonchev–Trinajstić information content (AvgIpc) is 3.60. The van der Waals surface area contributed by atoms with Crippen molar-refractivity contribution >= 4 is 0 Å². The van der Waals surface area contributed by atoms with Gasteiger partial charge in [-0.3, -0.25) is 0 Å². The molecule has 1 spiro atoms. The van der Waals surface area contributed by atoms with Crippen LogP contribution in [0.5, 0.6) is 0 Å². The monoisotopic (exact) mass is 865 g/mol. The van der Waals surface area contributed by atoms with Gasteiger partial charge in [0.1, 0.15) is 18.3 Å². The molecule has 0 aromatic rings. The Kier molecular flexibility index (Phi) is 15.5. The van der Waals surface area contributed by atoms with Crippen LogP contribution in [0.2, 0.25) is 0 Å². The highest BCUT2D eigenvalue weighted by molar-refractivity contribution is 5.26. The van der Waals surface area contributed by atoms with E-state index in [2.05, 4.69) is 74.5 Å². The Bertz CT molecular complexity index is 1530. The highest BCUT2D eigenvalue weighted by Gasteiger charge is 2.58. The Morgan fingerprint density at radius 3 is 2.31 bits per heavy atom. The maximum Gasteiger partial charge on any atom is 0.171 e. The second kappa shape index (κ2) is 19.1. The van der Waals surface area contributed by atoms with E-state index >= 15 is 0 Å². The molecule has 0 aromatic heterocycles. The Hall–Kier alpha value is -1.00. The molecule has 352 valence electrons. The van der Waals surface area contributed by atoms with Crippen molar-refractivity contribution < 1.29 is 57.6 Å². The number of aliphatic hydroxyl groups is 2. The van der Waals surface area contributed by atoms with E-state index in [0.717, 1.165) is 36.8 Å². The van der Waals surface area contributed by atoms with Gasteiger partial charge in [0.2, 0.25) is 0 Å². The number of rotatable bonds is 13. The first-order valence-corrected chi connectivity index (χ1v) is 23.5. The van der Waals surface area contributed by atoms with Gasteiger partial charge >= 0.3 is 0 Å². The second-order valence-corrected chi connectivity index (χ2v) is 21.9. The first kappa shape index (κ1) is 49.4. The molecule has 6 aliphatic rings. The molecule has 0 radical (unpaired) electrons. The summed E-state index contributed by atoms with van der Waals surface area (Å²) in [5.74, 6) is -1.11. The third kappa shape index (κ3) is 10.5. The van der Waals surface area contributed by atoms with Crippen molar-refractivity contribution in [1.29, 1.82) is 0 Å². The van der Waals surface area contributed by atoms with E-state index in [1.807, 2.05) is 27.7 Å². The van der Waals surface area contributed by atoms with Crippen LogP contribution < -0.4 is 0 Å². The van der Waals surface area contributed by atoms with Crippen molar-refractivity contribution in [3.63, 3.8) is 0 Å². The third-order valence-corrected chi connectivity index (χ3v) is 15.4. The molecular formula is C49H84O12. The van der Waals surface area contributed by atoms with Crippen LogP contribution in [-0.2, 0) is 47.4 Å². The molecule has 9 unspecified atom stereocenters. The lowest BCUT2D eigenvalue weighted by atomic mass is 9.57. The fourth-order valence-corrected chi connectivity index (χ4v) is 11.7.